The predicted molar refractivity (Wildman–Crippen MR) is 65.6 cm³/mol. The molecule has 1 N–H and O–H groups in total. The zero-order valence-corrected chi connectivity index (χ0v) is 10.7. The van der Waals surface area contributed by atoms with Crippen molar-refractivity contribution in [1.82, 2.24) is 4.90 Å². The topological polar surface area (TPSA) is 41.9 Å². The summed E-state index contributed by atoms with van der Waals surface area (Å²) in [6, 6.07) is 1.93. The van der Waals surface area contributed by atoms with Crippen LogP contribution in [0.15, 0.2) is 11.0 Å². The normalized spacial score (nSPS) is 22.6. The zero-order valence-electron chi connectivity index (χ0n) is 9.90. The van der Waals surface area contributed by atoms with Crippen molar-refractivity contribution in [3.05, 3.63) is 17.2 Å². The summed E-state index contributed by atoms with van der Waals surface area (Å²) in [5.41, 5.74) is 2.15. The lowest BCUT2D eigenvalue weighted by Gasteiger charge is -2.30. The molecule has 1 atom stereocenters. The first-order valence-corrected chi connectivity index (χ1v) is 6.79. The number of aliphatic hydroxyl groups excluding tert-OH is 1. The third-order valence-electron chi connectivity index (χ3n) is 3.23. The van der Waals surface area contributed by atoms with E-state index in [-0.39, 0.29) is 6.79 Å². The molecule has 92 valence electrons. The third-order valence-corrected chi connectivity index (χ3v) is 4.07. The fraction of sp³-hybridized carbons (Fsp3) is 0.500. The Labute approximate surface area is 105 Å². The molecule has 1 aromatic carbocycles. The van der Waals surface area contributed by atoms with Crippen molar-refractivity contribution in [2.45, 2.75) is 17.5 Å². The van der Waals surface area contributed by atoms with Gasteiger partial charge in [0.25, 0.3) is 0 Å². The van der Waals surface area contributed by atoms with Gasteiger partial charge in [-0.15, -0.1) is 11.8 Å². The van der Waals surface area contributed by atoms with Crippen molar-refractivity contribution >= 4 is 11.8 Å². The van der Waals surface area contributed by atoms with E-state index in [0.717, 1.165) is 28.5 Å². The highest BCUT2D eigenvalue weighted by Crippen LogP contribution is 2.46. The Morgan fingerprint density at radius 1 is 1.47 bits per heavy atom. The highest BCUT2D eigenvalue weighted by atomic mass is 32.2. The van der Waals surface area contributed by atoms with Crippen LogP contribution in [0.25, 0.3) is 0 Å². The first-order chi connectivity index (χ1) is 8.20. The molecular weight excluding hydrogens is 238 g/mol. The predicted octanol–water partition coefficient (Wildman–Crippen LogP) is 1.62. The van der Waals surface area contributed by atoms with Gasteiger partial charge in [0.15, 0.2) is 11.5 Å². The van der Waals surface area contributed by atoms with E-state index in [1.165, 1.54) is 5.56 Å². The first-order valence-electron chi connectivity index (χ1n) is 5.56. The Morgan fingerprint density at radius 2 is 2.29 bits per heavy atom. The molecule has 0 fully saturated rings. The second-order valence-electron chi connectivity index (χ2n) is 4.42. The van der Waals surface area contributed by atoms with Crippen LogP contribution in [0.1, 0.15) is 17.2 Å². The molecule has 0 radical (unpaired) electrons. The summed E-state index contributed by atoms with van der Waals surface area (Å²) in [6.45, 7) is 1.79. The number of likely N-dealkylation sites (N-methyl/N-ethyl adjacent to an activating group) is 1. The van der Waals surface area contributed by atoms with Crippen LogP contribution in [0.3, 0.4) is 0 Å². The van der Waals surface area contributed by atoms with E-state index >= 15 is 0 Å². The molecule has 0 saturated carbocycles. The standard InChI is InChI=1S/C12H15NO3S/c1-13-4-8-7(9(14)5-13)3-10-11(12(8)17-2)16-6-15-10/h3,9,14H,4-6H2,1-2H3/t9-/m0/s1. The molecule has 3 rings (SSSR count). The van der Waals surface area contributed by atoms with Gasteiger partial charge < -0.3 is 14.6 Å². The molecular formula is C12H15NO3S. The minimum absolute atomic E-state index is 0.276. The lowest BCUT2D eigenvalue weighted by atomic mass is 9.97. The Hall–Kier alpha value is -0.910. The van der Waals surface area contributed by atoms with Gasteiger partial charge in [0, 0.05) is 13.1 Å². The minimum Gasteiger partial charge on any atom is -0.454 e. The van der Waals surface area contributed by atoms with Crippen LogP contribution in [0.2, 0.25) is 0 Å². The number of hydrogen-bond acceptors (Lipinski definition) is 5. The van der Waals surface area contributed by atoms with Gasteiger partial charge in [-0.3, -0.25) is 4.90 Å². The molecule has 0 amide bonds. The Balaban J connectivity index is 2.19. The van der Waals surface area contributed by atoms with Crippen LogP contribution >= 0.6 is 11.8 Å². The minimum atomic E-state index is -0.441. The molecule has 2 aliphatic rings. The summed E-state index contributed by atoms with van der Waals surface area (Å²) in [7, 11) is 2.01. The number of ether oxygens (including phenoxy) is 2. The van der Waals surface area contributed by atoms with E-state index in [9.17, 15) is 5.11 Å². The lowest BCUT2D eigenvalue weighted by Crippen LogP contribution is -2.30. The van der Waals surface area contributed by atoms with Crippen molar-refractivity contribution in [2.24, 2.45) is 0 Å². The van der Waals surface area contributed by atoms with Gasteiger partial charge in [0.05, 0.1) is 11.0 Å². The summed E-state index contributed by atoms with van der Waals surface area (Å²) in [4.78, 5) is 3.22. The van der Waals surface area contributed by atoms with Crippen molar-refractivity contribution in [1.29, 1.82) is 0 Å². The Kier molecular flexibility index (Phi) is 2.69. The number of thioether (sulfide) groups is 1. The van der Waals surface area contributed by atoms with Gasteiger partial charge in [0.2, 0.25) is 6.79 Å². The second-order valence-corrected chi connectivity index (χ2v) is 5.24. The van der Waals surface area contributed by atoms with Crippen LogP contribution in [-0.4, -0.2) is 36.6 Å². The number of hydrogen-bond donors (Lipinski definition) is 1. The van der Waals surface area contributed by atoms with E-state index in [2.05, 4.69) is 4.90 Å². The Morgan fingerprint density at radius 3 is 3.06 bits per heavy atom. The Bertz CT molecular complexity index is 464. The molecule has 0 spiro atoms. The number of nitrogens with zero attached hydrogens (tertiary/aromatic N) is 1. The van der Waals surface area contributed by atoms with Crippen LogP contribution in [0.4, 0.5) is 0 Å². The number of benzene rings is 1. The second kappa shape index (κ2) is 4.08. The number of β-amino-alcohol motifs (C(OH)–C–C–N with tert-alkyl or cyclic N) is 1. The summed E-state index contributed by atoms with van der Waals surface area (Å²) in [6.07, 6.45) is 1.59. The third kappa shape index (κ3) is 1.69. The van der Waals surface area contributed by atoms with Gasteiger partial charge >= 0.3 is 0 Å². The SMILES string of the molecule is CSc1c2c(cc3c1OCO3)[C@@H](O)CN(C)C2. The fourth-order valence-electron chi connectivity index (χ4n) is 2.47. The van der Waals surface area contributed by atoms with Crippen molar-refractivity contribution < 1.29 is 14.6 Å². The molecule has 1 aromatic rings. The summed E-state index contributed by atoms with van der Waals surface area (Å²) < 4.78 is 10.9. The van der Waals surface area contributed by atoms with Crippen LogP contribution in [0, 0.1) is 0 Å². The number of rotatable bonds is 1. The zero-order chi connectivity index (χ0) is 12.0. The average molecular weight is 253 g/mol. The van der Waals surface area contributed by atoms with E-state index in [4.69, 9.17) is 9.47 Å². The smallest absolute Gasteiger partial charge is 0.231 e. The molecule has 17 heavy (non-hydrogen) atoms. The monoisotopic (exact) mass is 253 g/mol. The van der Waals surface area contributed by atoms with Crippen molar-refractivity contribution in [3.8, 4) is 11.5 Å². The molecule has 0 aliphatic carbocycles. The van der Waals surface area contributed by atoms with Gasteiger partial charge in [0.1, 0.15) is 0 Å². The van der Waals surface area contributed by atoms with Crippen LogP contribution in [0.5, 0.6) is 11.5 Å². The maximum Gasteiger partial charge on any atom is 0.231 e. The largest absolute Gasteiger partial charge is 0.454 e. The van der Waals surface area contributed by atoms with Crippen LogP contribution in [-0.2, 0) is 6.54 Å². The molecule has 0 saturated heterocycles. The van der Waals surface area contributed by atoms with Gasteiger partial charge in [-0.25, -0.2) is 0 Å². The van der Waals surface area contributed by atoms with E-state index in [0.29, 0.717) is 6.54 Å². The van der Waals surface area contributed by atoms with Gasteiger partial charge in [-0.1, -0.05) is 0 Å². The average Bonchev–Trinajstić information content (AvgIpc) is 2.74. The van der Waals surface area contributed by atoms with E-state index in [1.807, 2.05) is 19.4 Å². The van der Waals surface area contributed by atoms with E-state index < -0.39 is 6.10 Å². The summed E-state index contributed by atoms with van der Waals surface area (Å²) in [5.74, 6) is 1.59. The molecule has 2 heterocycles. The molecule has 4 nitrogen and oxygen atoms in total. The lowest BCUT2D eigenvalue weighted by molar-refractivity contribution is 0.106. The molecule has 0 aromatic heterocycles. The quantitative estimate of drug-likeness (QED) is 0.770. The van der Waals surface area contributed by atoms with Gasteiger partial charge in [-0.2, -0.15) is 0 Å². The van der Waals surface area contributed by atoms with Crippen molar-refractivity contribution in [2.75, 3.05) is 26.6 Å². The number of fused-ring (bicyclic) bond motifs is 2. The van der Waals surface area contributed by atoms with Crippen molar-refractivity contribution in [3.63, 3.8) is 0 Å². The molecule has 0 bridgehead atoms. The summed E-state index contributed by atoms with van der Waals surface area (Å²) >= 11 is 1.65. The number of aliphatic hydroxyl groups is 1. The first kappa shape index (κ1) is 11.2. The summed E-state index contributed by atoms with van der Waals surface area (Å²) in [5, 5.41) is 10.1. The highest BCUT2D eigenvalue weighted by Gasteiger charge is 2.30. The van der Waals surface area contributed by atoms with E-state index in [1.54, 1.807) is 11.8 Å². The fourth-order valence-corrected chi connectivity index (χ4v) is 3.25. The highest BCUT2D eigenvalue weighted by molar-refractivity contribution is 7.98. The van der Waals surface area contributed by atoms with Gasteiger partial charge in [-0.05, 0) is 30.5 Å². The molecule has 0 unspecified atom stereocenters. The van der Waals surface area contributed by atoms with Crippen LogP contribution < -0.4 is 9.47 Å². The maximum atomic E-state index is 10.1. The molecule has 5 heteroatoms. The maximum absolute atomic E-state index is 10.1. The molecule has 2 aliphatic heterocycles.